The molecule has 180 valence electrons. The average Bonchev–Trinajstić information content (AvgIpc) is 3.27. The summed E-state index contributed by atoms with van der Waals surface area (Å²) in [6.07, 6.45) is 6.35. The van der Waals surface area contributed by atoms with E-state index < -0.39 is 10.0 Å². The number of aromatic nitrogens is 3. The minimum atomic E-state index is -3.65. The molecule has 1 aliphatic heterocycles. The first-order valence-electron chi connectivity index (χ1n) is 12.2. The number of anilines is 1. The van der Waals surface area contributed by atoms with E-state index in [2.05, 4.69) is 28.6 Å². The molecule has 2 aromatic carbocycles. The predicted octanol–water partition coefficient (Wildman–Crippen LogP) is 3.76. The number of carbonyl (C=O) groups is 1. The molecule has 1 aliphatic carbocycles. The summed E-state index contributed by atoms with van der Waals surface area (Å²) in [7, 11) is -3.65. The zero-order chi connectivity index (χ0) is 23.7. The third-order valence-electron chi connectivity index (χ3n) is 7.04. The molecular formula is C25H31N5O3S. The summed E-state index contributed by atoms with van der Waals surface area (Å²) in [4.78, 5) is 13.2. The van der Waals surface area contributed by atoms with E-state index in [1.165, 1.54) is 21.9 Å². The smallest absolute Gasteiger partial charge is 0.243 e. The molecular weight excluding hydrogens is 450 g/mol. The van der Waals surface area contributed by atoms with Crippen LogP contribution in [-0.2, 0) is 34.2 Å². The van der Waals surface area contributed by atoms with Crippen LogP contribution in [0, 0.1) is 5.92 Å². The highest BCUT2D eigenvalue weighted by atomic mass is 32.2. The highest BCUT2D eigenvalue weighted by Crippen LogP contribution is 2.30. The van der Waals surface area contributed by atoms with Crippen molar-refractivity contribution in [3.8, 4) is 0 Å². The third-order valence-corrected chi connectivity index (χ3v) is 8.93. The minimum absolute atomic E-state index is 0.00928. The molecule has 1 amide bonds. The van der Waals surface area contributed by atoms with Gasteiger partial charge in [-0.05, 0) is 80.3 Å². The lowest BCUT2D eigenvalue weighted by Gasteiger charge is -2.31. The van der Waals surface area contributed by atoms with Crippen molar-refractivity contribution >= 4 is 32.7 Å². The highest BCUT2D eigenvalue weighted by Gasteiger charge is 2.32. The van der Waals surface area contributed by atoms with E-state index in [0.717, 1.165) is 43.4 Å². The van der Waals surface area contributed by atoms with Crippen molar-refractivity contribution in [3.05, 3.63) is 47.5 Å². The van der Waals surface area contributed by atoms with Gasteiger partial charge in [-0.2, -0.15) is 4.31 Å². The number of carbonyl (C=O) groups excluding carboxylic acids is 1. The lowest BCUT2D eigenvalue weighted by Crippen LogP contribution is -2.41. The van der Waals surface area contributed by atoms with Crippen molar-refractivity contribution in [1.82, 2.24) is 19.3 Å². The van der Waals surface area contributed by atoms with Gasteiger partial charge < -0.3 is 5.32 Å². The molecule has 1 fully saturated rings. The zero-order valence-corrected chi connectivity index (χ0v) is 20.4. The molecule has 2 aliphatic rings. The molecule has 8 nitrogen and oxygen atoms in total. The molecule has 0 saturated carbocycles. The van der Waals surface area contributed by atoms with Crippen molar-refractivity contribution in [3.63, 3.8) is 0 Å². The van der Waals surface area contributed by atoms with Crippen LogP contribution in [0.15, 0.2) is 41.3 Å². The first-order chi connectivity index (χ1) is 16.5. The van der Waals surface area contributed by atoms with Gasteiger partial charge in [-0.25, -0.2) is 13.1 Å². The van der Waals surface area contributed by atoms with E-state index in [1.54, 1.807) is 22.9 Å². The lowest BCUT2D eigenvalue weighted by atomic mass is 9.90. The Kier molecular flexibility index (Phi) is 6.40. The van der Waals surface area contributed by atoms with Gasteiger partial charge in [0.1, 0.15) is 5.52 Å². The minimum Gasteiger partial charge on any atom is -0.326 e. The Morgan fingerprint density at radius 3 is 2.71 bits per heavy atom. The normalized spacial score (nSPS) is 17.6. The largest absolute Gasteiger partial charge is 0.326 e. The van der Waals surface area contributed by atoms with E-state index in [0.29, 0.717) is 31.4 Å². The van der Waals surface area contributed by atoms with Crippen LogP contribution in [0.1, 0.15) is 50.2 Å². The molecule has 0 radical (unpaired) electrons. The molecule has 5 rings (SSSR count). The van der Waals surface area contributed by atoms with Gasteiger partial charge in [-0.15, -0.1) is 5.10 Å². The SMILES string of the molecule is CCCn1nnc2cc(S(=O)(=O)N3CCC(C(=O)Nc4cccc5c4CCCC5)CC3)ccc21. The summed E-state index contributed by atoms with van der Waals surface area (Å²) >= 11 is 0. The Balaban J connectivity index is 1.25. The topological polar surface area (TPSA) is 97.2 Å². The summed E-state index contributed by atoms with van der Waals surface area (Å²) < 4.78 is 29.8. The number of rotatable bonds is 6. The molecule has 0 spiro atoms. The molecule has 0 atom stereocenters. The lowest BCUT2D eigenvalue weighted by molar-refractivity contribution is -0.120. The fourth-order valence-electron chi connectivity index (χ4n) is 5.13. The van der Waals surface area contributed by atoms with Crippen LogP contribution in [0.5, 0.6) is 0 Å². The van der Waals surface area contributed by atoms with Crippen LogP contribution >= 0.6 is 0 Å². The molecule has 3 aromatic rings. The van der Waals surface area contributed by atoms with E-state index >= 15 is 0 Å². The van der Waals surface area contributed by atoms with Gasteiger partial charge in [-0.1, -0.05) is 24.3 Å². The number of fused-ring (bicyclic) bond motifs is 2. The zero-order valence-electron chi connectivity index (χ0n) is 19.5. The third kappa shape index (κ3) is 4.34. The summed E-state index contributed by atoms with van der Waals surface area (Å²) in [5, 5.41) is 11.4. The number of aryl methyl sites for hydroxylation is 2. The second kappa shape index (κ2) is 9.46. The Morgan fingerprint density at radius 2 is 1.91 bits per heavy atom. The second-order valence-electron chi connectivity index (χ2n) is 9.28. The monoisotopic (exact) mass is 481 g/mol. The van der Waals surface area contributed by atoms with Gasteiger partial charge in [0.15, 0.2) is 0 Å². The Labute approximate surface area is 200 Å². The van der Waals surface area contributed by atoms with Crippen LogP contribution in [0.2, 0.25) is 0 Å². The Hall–Kier alpha value is -2.78. The molecule has 0 bridgehead atoms. The molecule has 2 heterocycles. The fraction of sp³-hybridized carbons (Fsp3) is 0.480. The van der Waals surface area contributed by atoms with Crippen molar-refractivity contribution in [1.29, 1.82) is 0 Å². The van der Waals surface area contributed by atoms with Crippen molar-refractivity contribution in [2.24, 2.45) is 5.92 Å². The number of sulfonamides is 1. The van der Waals surface area contributed by atoms with Crippen LogP contribution in [0.25, 0.3) is 11.0 Å². The van der Waals surface area contributed by atoms with Gasteiger partial charge in [0.25, 0.3) is 0 Å². The predicted molar refractivity (Wildman–Crippen MR) is 131 cm³/mol. The number of amides is 1. The van der Waals surface area contributed by atoms with Crippen molar-refractivity contribution < 1.29 is 13.2 Å². The Bertz CT molecular complexity index is 1310. The number of hydrogen-bond acceptors (Lipinski definition) is 5. The second-order valence-corrected chi connectivity index (χ2v) is 11.2. The van der Waals surface area contributed by atoms with E-state index in [4.69, 9.17) is 0 Å². The quantitative estimate of drug-likeness (QED) is 0.578. The molecule has 1 saturated heterocycles. The van der Waals surface area contributed by atoms with Gasteiger partial charge in [0.2, 0.25) is 15.9 Å². The maximum Gasteiger partial charge on any atom is 0.243 e. The summed E-state index contributed by atoms with van der Waals surface area (Å²) in [5.41, 5.74) is 4.92. The first-order valence-corrected chi connectivity index (χ1v) is 13.7. The van der Waals surface area contributed by atoms with Gasteiger partial charge in [0.05, 0.1) is 10.4 Å². The van der Waals surface area contributed by atoms with Gasteiger partial charge in [-0.3, -0.25) is 4.79 Å². The van der Waals surface area contributed by atoms with Gasteiger partial charge >= 0.3 is 0 Å². The van der Waals surface area contributed by atoms with Crippen molar-refractivity contribution in [2.75, 3.05) is 18.4 Å². The number of benzene rings is 2. The van der Waals surface area contributed by atoms with Crippen LogP contribution < -0.4 is 5.32 Å². The number of piperidine rings is 1. The summed E-state index contributed by atoms with van der Waals surface area (Å²) in [6.45, 7) is 3.45. The number of nitrogens with one attached hydrogen (secondary N) is 1. The standard InChI is InChI=1S/C25H31N5O3S/c1-2-14-30-24-11-10-20(17-23(24)27-28-30)34(32,33)29-15-12-19(13-16-29)25(31)26-22-9-5-7-18-6-3-4-8-21(18)22/h5,7,9-11,17,19H,2-4,6,8,12-16H2,1H3,(H,26,31). The van der Waals surface area contributed by atoms with Gasteiger partial charge in [0, 0.05) is 31.2 Å². The van der Waals surface area contributed by atoms with Crippen LogP contribution in [-0.4, -0.2) is 46.7 Å². The first kappa shape index (κ1) is 23.0. The molecule has 1 N–H and O–H groups in total. The molecule has 34 heavy (non-hydrogen) atoms. The highest BCUT2D eigenvalue weighted by molar-refractivity contribution is 7.89. The van der Waals surface area contributed by atoms with E-state index in [-0.39, 0.29) is 16.7 Å². The van der Waals surface area contributed by atoms with Crippen molar-refractivity contribution in [2.45, 2.75) is 63.3 Å². The maximum absolute atomic E-state index is 13.3. The molecule has 1 aromatic heterocycles. The number of hydrogen-bond donors (Lipinski definition) is 1. The summed E-state index contributed by atoms with van der Waals surface area (Å²) in [5.74, 6) is -0.202. The van der Waals surface area contributed by atoms with Crippen LogP contribution in [0.3, 0.4) is 0 Å². The summed E-state index contributed by atoms with van der Waals surface area (Å²) in [6, 6.07) is 11.1. The fourth-order valence-corrected chi connectivity index (χ4v) is 6.62. The number of nitrogens with zero attached hydrogens (tertiary/aromatic N) is 4. The Morgan fingerprint density at radius 1 is 1.12 bits per heavy atom. The van der Waals surface area contributed by atoms with E-state index in [1.807, 2.05) is 12.1 Å². The molecule has 0 unspecified atom stereocenters. The molecule has 9 heteroatoms. The van der Waals surface area contributed by atoms with E-state index in [9.17, 15) is 13.2 Å². The van der Waals surface area contributed by atoms with Crippen LogP contribution in [0.4, 0.5) is 5.69 Å². The average molecular weight is 482 g/mol. The maximum atomic E-state index is 13.3.